The Morgan fingerprint density at radius 1 is 1.22 bits per heavy atom. The van der Waals surface area contributed by atoms with E-state index in [9.17, 15) is 4.79 Å². The highest BCUT2D eigenvalue weighted by atomic mass is 16.5. The molecule has 1 heterocycles. The fourth-order valence-corrected chi connectivity index (χ4v) is 2.70. The highest BCUT2D eigenvalue weighted by molar-refractivity contribution is 5.87. The largest absolute Gasteiger partial charge is 0.383 e. The number of rotatable bonds is 4. The summed E-state index contributed by atoms with van der Waals surface area (Å²) in [6.45, 7) is 5.35. The van der Waals surface area contributed by atoms with Gasteiger partial charge in [0.25, 0.3) is 0 Å². The summed E-state index contributed by atoms with van der Waals surface area (Å²) in [7, 11) is 1.72. The third-order valence-corrected chi connectivity index (χ3v) is 4.16. The number of hydrogen-bond acceptors (Lipinski definition) is 4. The Hall–Kier alpha value is -0.650. The molecule has 0 spiro atoms. The minimum atomic E-state index is -0.540. The lowest BCUT2D eigenvalue weighted by molar-refractivity contribution is -0.140. The topological polar surface area (TPSA) is 58.8 Å². The van der Waals surface area contributed by atoms with Crippen molar-refractivity contribution < 1.29 is 9.53 Å². The first-order chi connectivity index (χ1) is 8.65. The number of amides is 1. The van der Waals surface area contributed by atoms with Crippen LogP contribution in [-0.2, 0) is 9.53 Å². The van der Waals surface area contributed by atoms with Crippen molar-refractivity contribution in [1.29, 1.82) is 0 Å². The number of nitrogens with zero attached hydrogens (tertiary/aromatic N) is 2. The van der Waals surface area contributed by atoms with Gasteiger partial charge in [0, 0.05) is 33.3 Å². The van der Waals surface area contributed by atoms with Crippen LogP contribution in [0.25, 0.3) is 0 Å². The summed E-state index contributed by atoms with van der Waals surface area (Å²) in [5.74, 6) is 0.169. The maximum Gasteiger partial charge on any atom is 0.242 e. The molecule has 104 valence electrons. The van der Waals surface area contributed by atoms with Gasteiger partial charge in [-0.2, -0.15) is 0 Å². The van der Waals surface area contributed by atoms with Gasteiger partial charge in [0.1, 0.15) is 0 Å². The average molecular weight is 255 g/mol. The van der Waals surface area contributed by atoms with Crippen LogP contribution in [0.5, 0.6) is 0 Å². The summed E-state index contributed by atoms with van der Waals surface area (Å²) >= 11 is 0. The van der Waals surface area contributed by atoms with Crippen LogP contribution in [0, 0.1) is 0 Å². The van der Waals surface area contributed by atoms with Gasteiger partial charge in [-0.15, -0.1) is 0 Å². The fourth-order valence-electron chi connectivity index (χ4n) is 2.70. The molecule has 2 fully saturated rings. The highest BCUT2D eigenvalue weighted by Gasteiger charge is 2.42. The van der Waals surface area contributed by atoms with Crippen molar-refractivity contribution >= 4 is 5.91 Å². The first kappa shape index (κ1) is 13.8. The third-order valence-electron chi connectivity index (χ3n) is 4.16. The summed E-state index contributed by atoms with van der Waals surface area (Å²) in [6.07, 6.45) is 3.84. The second-order valence-electron chi connectivity index (χ2n) is 5.49. The highest BCUT2D eigenvalue weighted by Crippen LogP contribution is 2.31. The molecule has 0 aromatic carbocycles. The molecule has 0 bridgehead atoms. The van der Waals surface area contributed by atoms with Gasteiger partial charge in [-0.1, -0.05) is 0 Å². The van der Waals surface area contributed by atoms with Crippen LogP contribution in [0.4, 0.5) is 0 Å². The maximum atomic E-state index is 12.3. The van der Waals surface area contributed by atoms with E-state index < -0.39 is 5.54 Å². The average Bonchev–Trinajstić information content (AvgIpc) is 2.58. The SMILES string of the molecule is COCCN1CCCN(C(=O)C2(N)CCC2)CC1. The summed E-state index contributed by atoms with van der Waals surface area (Å²) in [4.78, 5) is 16.7. The van der Waals surface area contributed by atoms with Crippen LogP contribution in [0.15, 0.2) is 0 Å². The summed E-state index contributed by atoms with van der Waals surface area (Å²) in [6, 6.07) is 0. The molecule has 0 unspecified atom stereocenters. The summed E-state index contributed by atoms with van der Waals surface area (Å²) < 4.78 is 5.10. The van der Waals surface area contributed by atoms with E-state index in [1.807, 2.05) is 4.90 Å². The van der Waals surface area contributed by atoms with Gasteiger partial charge in [0.05, 0.1) is 12.1 Å². The molecule has 2 N–H and O–H groups in total. The van der Waals surface area contributed by atoms with E-state index >= 15 is 0 Å². The second-order valence-corrected chi connectivity index (χ2v) is 5.49. The monoisotopic (exact) mass is 255 g/mol. The molecule has 1 aliphatic heterocycles. The number of carbonyl (C=O) groups is 1. The van der Waals surface area contributed by atoms with Crippen molar-refractivity contribution in [1.82, 2.24) is 9.80 Å². The van der Waals surface area contributed by atoms with Crippen molar-refractivity contribution in [2.75, 3.05) is 46.4 Å². The van der Waals surface area contributed by atoms with Crippen LogP contribution in [0.1, 0.15) is 25.7 Å². The Morgan fingerprint density at radius 2 is 2.00 bits per heavy atom. The second kappa shape index (κ2) is 5.99. The zero-order chi connectivity index (χ0) is 13.0. The van der Waals surface area contributed by atoms with Gasteiger partial charge in [-0.25, -0.2) is 0 Å². The van der Waals surface area contributed by atoms with E-state index in [1.54, 1.807) is 7.11 Å². The smallest absolute Gasteiger partial charge is 0.242 e. The third kappa shape index (κ3) is 3.02. The van der Waals surface area contributed by atoms with E-state index in [0.29, 0.717) is 0 Å². The van der Waals surface area contributed by atoms with E-state index in [2.05, 4.69) is 4.90 Å². The first-order valence-electron chi connectivity index (χ1n) is 6.95. The first-order valence-corrected chi connectivity index (χ1v) is 6.95. The number of methoxy groups -OCH3 is 1. The van der Waals surface area contributed by atoms with Gasteiger partial charge in [-0.05, 0) is 32.2 Å². The molecular weight excluding hydrogens is 230 g/mol. The van der Waals surface area contributed by atoms with Gasteiger partial charge in [-0.3, -0.25) is 9.69 Å². The maximum absolute atomic E-state index is 12.3. The van der Waals surface area contributed by atoms with Crippen molar-refractivity contribution in [3.8, 4) is 0 Å². The van der Waals surface area contributed by atoms with Crippen LogP contribution in [-0.4, -0.2) is 67.7 Å². The molecule has 1 saturated heterocycles. The molecule has 1 saturated carbocycles. The Kier molecular flexibility index (Phi) is 4.59. The molecule has 2 rings (SSSR count). The quantitative estimate of drug-likeness (QED) is 0.771. The predicted octanol–water partition coefficient (Wildman–Crippen LogP) is 0.0485. The molecule has 1 aliphatic carbocycles. The summed E-state index contributed by atoms with van der Waals surface area (Å²) in [5, 5.41) is 0. The molecular formula is C13H25N3O2. The zero-order valence-electron chi connectivity index (χ0n) is 11.4. The Balaban J connectivity index is 1.83. The Labute approximate surface area is 109 Å². The summed E-state index contributed by atoms with van der Waals surface area (Å²) in [5.41, 5.74) is 5.58. The normalized spacial score (nSPS) is 24.4. The van der Waals surface area contributed by atoms with Crippen LogP contribution in [0.3, 0.4) is 0 Å². The minimum Gasteiger partial charge on any atom is -0.383 e. The molecule has 0 aromatic heterocycles. The fraction of sp³-hybridized carbons (Fsp3) is 0.923. The molecule has 0 radical (unpaired) electrons. The van der Waals surface area contributed by atoms with Gasteiger partial charge >= 0.3 is 0 Å². The van der Waals surface area contributed by atoms with Gasteiger partial charge in [0.2, 0.25) is 5.91 Å². The molecule has 0 aromatic rings. The van der Waals surface area contributed by atoms with Gasteiger partial charge < -0.3 is 15.4 Å². The number of hydrogen-bond donors (Lipinski definition) is 1. The lowest BCUT2D eigenvalue weighted by Crippen LogP contribution is -2.60. The van der Waals surface area contributed by atoms with Crippen LogP contribution in [0.2, 0.25) is 0 Å². The predicted molar refractivity (Wildman–Crippen MR) is 70.3 cm³/mol. The Bertz CT molecular complexity index is 292. The lowest BCUT2D eigenvalue weighted by atomic mass is 9.76. The lowest BCUT2D eigenvalue weighted by Gasteiger charge is -2.40. The van der Waals surface area contributed by atoms with E-state index in [1.165, 1.54) is 0 Å². The van der Waals surface area contributed by atoms with Crippen molar-refractivity contribution in [2.45, 2.75) is 31.2 Å². The minimum absolute atomic E-state index is 0.169. The Morgan fingerprint density at radius 3 is 2.61 bits per heavy atom. The van der Waals surface area contributed by atoms with Gasteiger partial charge in [0.15, 0.2) is 0 Å². The van der Waals surface area contributed by atoms with Crippen molar-refractivity contribution in [3.05, 3.63) is 0 Å². The van der Waals surface area contributed by atoms with Crippen molar-refractivity contribution in [2.24, 2.45) is 5.73 Å². The number of carbonyl (C=O) groups excluding carboxylic acids is 1. The molecule has 5 heteroatoms. The molecule has 1 amide bonds. The number of ether oxygens (including phenoxy) is 1. The van der Waals surface area contributed by atoms with E-state index in [-0.39, 0.29) is 5.91 Å². The van der Waals surface area contributed by atoms with Crippen LogP contribution >= 0.6 is 0 Å². The molecule has 5 nitrogen and oxygen atoms in total. The molecule has 18 heavy (non-hydrogen) atoms. The number of nitrogens with two attached hydrogens (primary N) is 1. The van der Waals surface area contributed by atoms with E-state index in [4.69, 9.17) is 10.5 Å². The molecule has 0 atom stereocenters. The zero-order valence-corrected chi connectivity index (χ0v) is 11.4. The van der Waals surface area contributed by atoms with E-state index in [0.717, 1.165) is 65.0 Å². The van der Waals surface area contributed by atoms with Crippen molar-refractivity contribution in [3.63, 3.8) is 0 Å². The standard InChI is InChI=1S/C13H25N3O2/c1-18-11-10-15-6-3-7-16(9-8-15)12(17)13(14)4-2-5-13/h2-11,14H2,1H3. The molecule has 2 aliphatic rings. The van der Waals surface area contributed by atoms with Crippen LogP contribution < -0.4 is 5.73 Å².